The predicted molar refractivity (Wildman–Crippen MR) is 84.2 cm³/mol. The summed E-state index contributed by atoms with van der Waals surface area (Å²) >= 11 is 0. The molecule has 3 aromatic carbocycles. The molecule has 4 aromatic rings. The predicted octanol–water partition coefficient (Wildman–Crippen LogP) is 4.81. The molecule has 22 heavy (non-hydrogen) atoms. The van der Waals surface area contributed by atoms with E-state index >= 15 is 0 Å². The third kappa shape index (κ3) is 2.07. The molecule has 1 heterocycles. The number of fused-ring (bicyclic) bond motifs is 3. The number of rotatable bonds is 2. The molecule has 1 N–H and O–H groups in total. The summed E-state index contributed by atoms with van der Waals surface area (Å²) in [7, 11) is 0. The van der Waals surface area contributed by atoms with Crippen molar-refractivity contribution in [1.82, 2.24) is 0 Å². The van der Waals surface area contributed by atoms with Crippen molar-refractivity contribution >= 4 is 21.9 Å². The van der Waals surface area contributed by atoms with Crippen molar-refractivity contribution in [2.45, 2.75) is 6.10 Å². The smallest absolute Gasteiger partial charge is 0.135 e. The molecule has 0 bridgehead atoms. The Morgan fingerprint density at radius 2 is 1.45 bits per heavy atom. The third-order valence-electron chi connectivity index (χ3n) is 3.90. The van der Waals surface area contributed by atoms with E-state index in [-0.39, 0.29) is 5.82 Å². The normalized spacial score (nSPS) is 12.8. The van der Waals surface area contributed by atoms with Crippen LogP contribution in [0.5, 0.6) is 0 Å². The lowest BCUT2D eigenvalue weighted by molar-refractivity contribution is 0.220. The van der Waals surface area contributed by atoms with Crippen LogP contribution in [0, 0.1) is 5.82 Å². The average molecular weight is 292 g/mol. The molecule has 0 amide bonds. The molecule has 0 saturated heterocycles. The highest BCUT2D eigenvalue weighted by atomic mass is 19.1. The van der Waals surface area contributed by atoms with Gasteiger partial charge in [-0.25, -0.2) is 4.39 Å². The topological polar surface area (TPSA) is 33.4 Å². The molecular formula is C19H13FO2. The molecule has 3 heteroatoms. The average Bonchev–Trinajstić information content (AvgIpc) is 2.92. The van der Waals surface area contributed by atoms with Gasteiger partial charge in [-0.3, -0.25) is 0 Å². The van der Waals surface area contributed by atoms with Crippen molar-refractivity contribution in [1.29, 1.82) is 0 Å². The van der Waals surface area contributed by atoms with Crippen molar-refractivity contribution in [3.05, 3.63) is 83.7 Å². The Kier molecular flexibility index (Phi) is 2.94. The second-order valence-corrected chi connectivity index (χ2v) is 5.31. The summed E-state index contributed by atoms with van der Waals surface area (Å²) in [5.74, 6) is -0.316. The number of aliphatic hydroxyl groups is 1. The maximum absolute atomic E-state index is 13.0. The van der Waals surface area contributed by atoms with Crippen molar-refractivity contribution in [2.24, 2.45) is 0 Å². The number of furan rings is 1. The molecular weight excluding hydrogens is 279 g/mol. The molecule has 0 saturated carbocycles. The fourth-order valence-corrected chi connectivity index (χ4v) is 2.75. The highest BCUT2D eigenvalue weighted by Gasteiger charge is 2.13. The highest BCUT2D eigenvalue weighted by Crippen LogP contribution is 2.31. The van der Waals surface area contributed by atoms with Gasteiger partial charge < -0.3 is 9.52 Å². The highest BCUT2D eigenvalue weighted by molar-refractivity contribution is 6.04. The second kappa shape index (κ2) is 4.97. The van der Waals surface area contributed by atoms with E-state index in [1.165, 1.54) is 12.1 Å². The maximum atomic E-state index is 13.0. The molecule has 108 valence electrons. The zero-order valence-corrected chi connectivity index (χ0v) is 11.7. The lowest BCUT2D eigenvalue weighted by Crippen LogP contribution is -1.99. The van der Waals surface area contributed by atoms with E-state index in [2.05, 4.69) is 0 Å². The van der Waals surface area contributed by atoms with Crippen molar-refractivity contribution in [3.63, 3.8) is 0 Å². The molecule has 1 atom stereocenters. The van der Waals surface area contributed by atoms with Crippen LogP contribution in [0.25, 0.3) is 21.9 Å². The van der Waals surface area contributed by atoms with Crippen molar-refractivity contribution in [3.8, 4) is 0 Å². The van der Waals surface area contributed by atoms with Crippen LogP contribution in [0.2, 0.25) is 0 Å². The summed E-state index contributed by atoms with van der Waals surface area (Å²) in [6.45, 7) is 0. The van der Waals surface area contributed by atoms with Crippen LogP contribution in [0.15, 0.2) is 71.1 Å². The molecule has 0 aliphatic rings. The van der Waals surface area contributed by atoms with Gasteiger partial charge >= 0.3 is 0 Å². The van der Waals surface area contributed by atoms with E-state index < -0.39 is 6.10 Å². The summed E-state index contributed by atoms with van der Waals surface area (Å²) in [6, 6.07) is 19.4. The van der Waals surface area contributed by atoms with E-state index in [4.69, 9.17) is 4.42 Å². The molecule has 0 radical (unpaired) electrons. The summed E-state index contributed by atoms with van der Waals surface area (Å²) in [5.41, 5.74) is 2.93. The van der Waals surface area contributed by atoms with E-state index in [0.29, 0.717) is 5.56 Å². The van der Waals surface area contributed by atoms with Gasteiger partial charge in [0.1, 0.15) is 23.1 Å². The Morgan fingerprint density at radius 3 is 2.27 bits per heavy atom. The van der Waals surface area contributed by atoms with Gasteiger partial charge in [-0.05, 0) is 35.4 Å². The monoisotopic (exact) mass is 292 g/mol. The fraction of sp³-hybridized carbons (Fsp3) is 0.0526. The molecule has 1 aromatic heterocycles. The quantitative estimate of drug-likeness (QED) is 0.575. The van der Waals surface area contributed by atoms with Crippen LogP contribution in [0.3, 0.4) is 0 Å². The lowest BCUT2D eigenvalue weighted by Gasteiger charge is -2.11. The lowest BCUT2D eigenvalue weighted by atomic mass is 10.0. The fourth-order valence-electron chi connectivity index (χ4n) is 2.75. The minimum atomic E-state index is -0.807. The van der Waals surface area contributed by atoms with Gasteiger partial charge in [-0.2, -0.15) is 0 Å². The number of hydrogen-bond acceptors (Lipinski definition) is 2. The van der Waals surface area contributed by atoms with Gasteiger partial charge in [-0.15, -0.1) is 0 Å². The van der Waals surface area contributed by atoms with Gasteiger partial charge in [0.25, 0.3) is 0 Å². The first-order valence-electron chi connectivity index (χ1n) is 7.07. The largest absolute Gasteiger partial charge is 0.456 e. The van der Waals surface area contributed by atoms with Gasteiger partial charge in [0.2, 0.25) is 0 Å². The van der Waals surface area contributed by atoms with Crippen LogP contribution >= 0.6 is 0 Å². The number of aliphatic hydroxyl groups excluding tert-OH is 1. The first kappa shape index (κ1) is 13.0. The Hall–Kier alpha value is -2.65. The molecule has 0 unspecified atom stereocenters. The molecule has 4 rings (SSSR count). The van der Waals surface area contributed by atoms with Crippen LogP contribution in [0.1, 0.15) is 17.2 Å². The summed E-state index contributed by atoms with van der Waals surface area (Å²) < 4.78 is 18.8. The molecule has 0 spiro atoms. The van der Waals surface area contributed by atoms with Gasteiger partial charge in [-0.1, -0.05) is 42.5 Å². The standard InChI is InChI=1S/C19H13FO2/c20-14-8-5-12(6-9-14)19(21)13-7-10-16-15-3-1-2-4-17(15)22-18(16)11-13/h1-11,19,21H/t19-/m0/s1. The SMILES string of the molecule is O[C@@H](c1ccc(F)cc1)c1ccc2c(c1)oc1ccccc12. The minimum absolute atomic E-state index is 0.316. The Labute approximate surface area is 126 Å². The van der Waals surface area contributed by atoms with Crippen LogP contribution in [-0.2, 0) is 0 Å². The van der Waals surface area contributed by atoms with Crippen molar-refractivity contribution < 1.29 is 13.9 Å². The maximum Gasteiger partial charge on any atom is 0.135 e. The van der Waals surface area contributed by atoms with E-state index in [9.17, 15) is 9.50 Å². The second-order valence-electron chi connectivity index (χ2n) is 5.31. The summed E-state index contributed by atoms with van der Waals surface area (Å²) in [4.78, 5) is 0. The van der Waals surface area contributed by atoms with Crippen LogP contribution in [0.4, 0.5) is 4.39 Å². The number of halogens is 1. The van der Waals surface area contributed by atoms with Crippen LogP contribution < -0.4 is 0 Å². The molecule has 0 aliphatic heterocycles. The number of para-hydroxylation sites is 1. The number of benzene rings is 3. The molecule has 0 aliphatic carbocycles. The summed E-state index contributed by atoms with van der Waals surface area (Å²) in [5, 5.41) is 12.5. The first-order chi connectivity index (χ1) is 10.7. The Morgan fingerprint density at radius 1 is 0.773 bits per heavy atom. The van der Waals surface area contributed by atoms with E-state index in [1.807, 2.05) is 42.5 Å². The molecule has 0 fully saturated rings. The zero-order valence-electron chi connectivity index (χ0n) is 11.7. The third-order valence-corrected chi connectivity index (χ3v) is 3.90. The molecule has 2 nitrogen and oxygen atoms in total. The number of hydrogen-bond donors (Lipinski definition) is 1. The first-order valence-corrected chi connectivity index (χ1v) is 7.07. The van der Waals surface area contributed by atoms with E-state index in [1.54, 1.807) is 12.1 Å². The summed E-state index contributed by atoms with van der Waals surface area (Å²) in [6.07, 6.45) is -0.807. The van der Waals surface area contributed by atoms with E-state index in [0.717, 1.165) is 27.5 Å². The van der Waals surface area contributed by atoms with Gasteiger partial charge in [0.15, 0.2) is 0 Å². The minimum Gasteiger partial charge on any atom is -0.456 e. The van der Waals surface area contributed by atoms with Gasteiger partial charge in [0.05, 0.1) is 0 Å². The van der Waals surface area contributed by atoms with Crippen molar-refractivity contribution in [2.75, 3.05) is 0 Å². The zero-order chi connectivity index (χ0) is 15.1. The van der Waals surface area contributed by atoms with Gasteiger partial charge in [0, 0.05) is 10.8 Å². The Bertz CT molecular complexity index is 954. The Balaban J connectivity index is 1.81. The van der Waals surface area contributed by atoms with Crippen LogP contribution in [-0.4, -0.2) is 5.11 Å².